The topological polar surface area (TPSA) is 26.3 Å². The Morgan fingerprint density at radius 3 is 2.00 bits per heavy atom. The molecule has 0 fully saturated rings. The van der Waals surface area contributed by atoms with Crippen molar-refractivity contribution < 1.29 is 35.9 Å². The van der Waals surface area contributed by atoms with Gasteiger partial charge in [-0.05, 0) is 31.2 Å². The number of alkyl halides is 6. The first-order valence-electron chi connectivity index (χ1n) is 6.99. The Balaban J connectivity index is 2.34. The molecule has 0 bridgehead atoms. The molecule has 0 aromatic heterocycles. The highest BCUT2D eigenvalue weighted by Gasteiger charge is 2.63. The van der Waals surface area contributed by atoms with Gasteiger partial charge in [0.05, 0.1) is 5.56 Å². The van der Waals surface area contributed by atoms with Crippen molar-refractivity contribution in [3.8, 4) is 11.5 Å². The Hall–Kier alpha value is -2.51. The molecule has 2 nitrogen and oxygen atoms in total. The average Bonchev–Trinajstić information content (AvgIpc) is 2.54. The number of rotatable bonds is 5. The molecule has 0 saturated carbocycles. The number of Topliss-reactive ketones (excluding diaryl/α,β-unsaturated/α-hetero) is 1. The highest BCUT2D eigenvalue weighted by Crippen LogP contribution is 2.47. The maximum atomic E-state index is 13.9. The van der Waals surface area contributed by atoms with E-state index in [0.717, 1.165) is 12.1 Å². The van der Waals surface area contributed by atoms with Crippen molar-refractivity contribution in [2.45, 2.75) is 25.2 Å². The predicted molar refractivity (Wildman–Crippen MR) is 77.8 cm³/mol. The molecule has 0 radical (unpaired) electrons. The van der Waals surface area contributed by atoms with Gasteiger partial charge in [-0.2, -0.15) is 13.2 Å². The Kier molecular flexibility index (Phi) is 5.10. The minimum absolute atomic E-state index is 0.0313. The van der Waals surface area contributed by atoms with E-state index in [4.69, 9.17) is 4.74 Å². The number of hydrogen-bond donors (Lipinski definition) is 0. The fourth-order valence-corrected chi connectivity index (χ4v) is 2.15. The Bertz CT molecular complexity index is 754. The second-order valence-electron chi connectivity index (χ2n) is 5.19. The molecule has 0 amide bonds. The summed E-state index contributed by atoms with van der Waals surface area (Å²) in [6.45, 7) is 1.30. The van der Waals surface area contributed by atoms with Gasteiger partial charge in [-0.25, -0.2) is 13.2 Å². The van der Waals surface area contributed by atoms with Crippen LogP contribution in [0.1, 0.15) is 22.8 Å². The van der Waals surface area contributed by atoms with Crippen molar-refractivity contribution in [1.82, 2.24) is 0 Å². The van der Waals surface area contributed by atoms with Gasteiger partial charge in [-0.1, -0.05) is 24.3 Å². The number of carbonyl (C=O) groups is 1. The van der Waals surface area contributed by atoms with Crippen LogP contribution < -0.4 is 4.74 Å². The fraction of sp³-hybridized carbons (Fsp3) is 0.235. The fourth-order valence-electron chi connectivity index (χ4n) is 2.15. The monoisotopic (exact) mass is 362 g/mol. The molecule has 0 N–H and O–H groups in total. The first-order chi connectivity index (χ1) is 11.6. The van der Waals surface area contributed by atoms with Gasteiger partial charge in [0.25, 0.3) is 12.1 Å². The van der Waals surface area contributed by atoms with Crippen LogP contribution in [0.15, 0.2) is 48.5 Å². The van der Waals surface area contributed by atoms with Crippen LogP contribution in [0.25, 0.3) is 0 Å². The molecule has 0 spiro atoms. The van der Waals surface area contributed by atoms with E-state index in [-0.39, 0.29) is 22.8 Å². The summed E-state index contributed by atoms with van der Waals surface area (Å²) in [7, 11) is 0. The SMILES string of the molecule is CC(=O)c1ccccc1Oc1ccc(C(F)(C(F)F)C(F)(F)F)cc1. The number of ether oxygens (including phenoxy) is 1. The maximum Gasteiger partial charge on any atom is 0.432 e. The number of carbonyl (C=O) groups excluding carboxylic acids is 1. The van der Waals surface area contributed by atoms with Crippen LogP contribution in [0.5, 0.6) is 11.5 Å². The van der Waals surface area contributed by atoms with E-state index in [0.29, 0.717) is 12.1 Å². The lowest BCUT2D eigenvalue weighted by Crippen LogP contribution is -2.44. The minimum Gasteiger partial charge on any atom is -0.457 e. The van der Waals surface area contributed by atoms with Crippen molar-refractivity contribution in [3.05, 3.63) is 59.7 Å². The molecule has 0 aliphatic rings. The Morgan fingerprint density at radius 2 is 1.52 bits per heavy atom. The van der Waals surface area contributed by atoms with E-state index < -0.39 is 23.8 Å². The number of benzene rings is 2. The lowest BCUT2D eigenvalue weighted by Gasteiger charge is -2.27. The van der Waals surface area contributed by atoms with Gasteiger partial charge in [0, 0.05) is 5.56 Å². The normalized spacial score (nSPS) is 14.2. The van der Waals surface area contributed by atoms with Crippen molar-refractivity contribution >= 4 is 5.78 Å². The molecular formula is C17H12F6O2. The summed E-state index contributed by atoms with van der Waals surface area (Å²) in [5.74, 6) is -0.194. The molecule has 1 unspecified atom stereocenters. The summed E-state index contributed by atoms with van der Waals surface area (Å²) in [4.78, 5) is 11.5. The maximum absolute atomic E-state index is 13.9. The number of ketones is 1. The molecule has 0 aliphatic heterocycles. The lowest BCUT2D eigenvalue weighted by molar-refractivity contribution is -0.274. The molecule has 0 heterocycles. The Morgan fingerprint density at radius 1 is 0.960 bits per heavy atom. The molecule has 2 aromatic rings. The molecule has 2 aromatic carbocycles. The van der Waals surface area contributed by atoms with Gasteiger partial charge in [-0.3, -0.25) is 4.79 Å². The van der Waals surface area contributed by atoms with Crippen molar-refractivity contribution in [1.29, 1.82) is 0 Å². The third-order valence-corrected chi connectivity index (χ3v) is 3.48. The van der Waals surface area contributed by atoms with Crippen molar-refractivity contribution in [2.75, 3.05) is 0 Å². The van der Waals surface area contributed by atoms with Crippen LogP contribution in [-0.2, 0) is 5.67 Å². The molecular weight excluding hydrogens is 350 g/mol. The van der Waals surface area contributed by atoms with E-state index in [9.17, 15) is 31.1 Å². The first kappa shape index (κ1) is 18.8. The summed E-state index contributed by atoms with van der Waals surface area (Å²) >= 11 is 0. The van der Waals surface area contributed by atoms with Crippen LogP contribution in [0.2, 0.25) is 0 Å². The summed E-state index contributed by atoms with van der Waals surface area (Å²) in [6.07, 6.45) is -10.1. The van der Waals surface area contributed by atoms with Crippen LogP contribution in [0.3, 0.4) is 0 Å². The number of para-hydroxylation sites is 1. The first-order valence-corrected chi connectivity index (χ1v) is 6.99. The second-order valence-corrected chi connectivity index (χ2v) is 5.19. The molecule has 8 heteroatoms. The van der Waals surface area contributed by atoms with Crippen LogP contribution in [-0.4, -0.2) is 18.4 Å². The smallest absolute Gasteiger partial charge is 0.432 e. The highest BCUT2D eigenvalue weighted by molar-refractivity contribution is 5.96. The largest absolute Gasteiger partial charge is 0.457 e. The molecule has 0 aliphatic carbocycles. The van der Waals surface area contributed by atoms with Gasteiger partial charge in [0.15, 0.2) is 5.78 Å². The zero-order chi connectivity index (χ0) is 18.8. The third kappa shape index (κ3) is 3.62. The summed E-state index contributed by atoms with van der Waals surface area (Å²) in [6, 6.07) is 9.11. The highest BCUT2D eigenvalue weighted by atomic mass is 19.4. The quantitative estimate of drug-likeness (QED) is 0.506. The summed E-state index contributed by atoms with van der Waals surface area (Å²) < 4.78 is 82.8. The summed E-state index contributed by atoms with van der Waals surface area (Å²) in [5.41, 5.74) is -5.78. The molecule has 2 rings (SSSR count). The van der Waals surface area contributed by atoms with Gasteiger partial charge in [0.1, 0.15) is 11.5 Å². The third-order valence-electron chi connectivity index (χ3n) is 3.48. The van der Waals surface area contributed by atoms with Crippen molar-refractivity contribution in [3.63, 3.8) is 0 Å². The lowest BCUT2D eigenvalue weighted by atomic mass is 9.95. The van der Waals surface area contributed by atoms with E-state index in [1.54, 1.807) is 12.1 Å². The summed E-state index contributed by atoms with van der Waals surface area (Å²) in [5, 5.41) is 0. The zero-order valence-electron chi connectivity index (χ0n) is 12.8. The van der Waals surface area contributed by atoms with Gasteiger partial charge >= 0.3 is 6.18 Å². The van der Waals surface area contributed by atoms with E-state index in [2.05, 4.69) is 0 Å². The van der Waals surface area contributed by atoms with E-state index in [1.807, 2.05) is 0 Å². The number of halogens is 6. The standard InChI is InChI=1S/C17H12F6O2/c1-10(24)13-4-2-3-5-14(13)25-12-8-6-11(7-9-12)16(20,15(18)19)17(21,22)23/h2-9,15H,1H3. The predicted octanol–water partition coefficient (Wildman–Crippen LogP) is 5.67. The van der Waals surface area contributed by atoms with E-state index >= 15 is 0 Å². The molecule has 0 saturated heterocycles. The molecule has 25 heavy (non-hydrogen) atoms. The molecule has 134 valence electrons. The van der Waals surface area contributed by atoms with Gasteiger partial charge in [0.2, 0.25) is 0 Å². The van der Waals surface area contributed by atoms with E-state index in [1.165, 1.54) is 19.1 Å². The van der Waals surface area contributed by atoms with Crippen LogP contribution in [0, 0.1) is 0 Å². The molecule has 1 atom stereocenters. The van der Waals surface area contributed by atoms with Crippen LogP contribution in [0.4, 0.5) is 26.3 Å². The van der Waals surface area contributed by atoms with Crippen molar-refractivity contribution in [2.24, 2.45) is 0 Å². The van der Waals surface area contributed by atoms with Gasteiger partial charge in [-0.15, -0.1) is 0 Å². The second kappa shape index (κ2) is 6.78. The number of hydrogen-bond acceptors (Lipinski definition) is 2. The average molecular weight is 362 g/mol. The van der Waals surface area contributed by atoms with Crippen LogP contribution >= 0.6 is 0 Å². The minimum atomic E-state index is -5.77. The Labute approximate surface area is 139 Å². The zero-order valence-corrected chi connectivity index (χ0v) is 12.8. The van der Waals surface area contributed by atoms with Gasteiger partial charge < -0.3 is 4.74 Å².